The van der Waals surface area contributed by atoms with E-state index in [1.54, 1.807) is 13.8 Å². The molecule has 0 spiro atoms. The minimum Gasteiger partial charge on any atom is -0.385 e. The minimum absolute atomic E-state index is 0.208. The number of aliphatic hydroxyl groups is 1. The molecule has 19 heavy (non-hydrogen) atoms. The summed E-state index contributed by atoms with van der Waals surface area (Å²) in [6.07, 6.45) is -2.85. The van der Waals surface area contributed by atoms with Crippen molar-refractivity contribution in [3.63, 3.8) is 0 Å². The number of methoxy groups -OCH3 is 1. The standard InChI is InChI=1S/C11H20O7S/c1-11(2)17-8-6(5-19(4,13)14)16-10(15-3)7(12)9(8)18-11/h6-10,12H,5H2,1-4H3/t6-,7-,8+,9-,10+/m1/s1. The Kier molecular flexibility index (Phi) is 3.94. The number of ether oxygens (including phenoxy) is 4. The lowest BCUT2D eigenvalue weighted by Gasteiger charge is -2.38. The fourth-order valence-corrected chi connectivity index (χ4v) is 3.35. The number of aliphatic hydroxyl groups excluding tert-OH is 1. The number of hydrogen-bond acceptors (Lipinski definition) is 7. The maximum Gasteiger partial charge on any atom is 0.186 e. The van der Waals surface area contributed by atoms with E-state index < -0.39 is 46.3 Å². The second-order valence-electron chi connectivity index (χ2n) is 5.43. The lowest BCUT2D eigenvalue weighted by atomic mass is 10.00. The van der Waals surface area contributed by atoms with Gasteiger partial charge in [0.05, 0.1) is 5.75 Å². The zero-order valence-electron chi connectivity index (χ0n) is 11.4. The normalized spacial score (nSPS) is 42.1. The zero-order valence-corrected chi connectivity index (χ0v) is 12.2. The fraction of sp³-hybridized carbons (Fsp3) is 1.00. The van der Waals surface area contributed by atoms with Crippen molar-refractivity contribution in [1.82, 2.24) is 0 Å². The third-order valence-corrected chi connectivity index (χ3v) is 4.09. The summed E-state index contributed by atoms with van der Waals surface area (Å²) in [5.41, 5.74) is 0. The number of fused-ring (bicyclic) bond motifs is 1. The first-order valence-electron chi connectivity index (χ1n) is 6.03. The first-order valence-corrected chi connectivity index (χ1v) is 8.09. The summed E-state index contributed by atoms with van der Waals surface area (Å²) in [5.74, 6) is -1.10. The Balaban J connectivity index is 2.24. The van der Waals surface area contributed by atoms with Crippen molar-refractivity contribution in [2.45, 2.75) is 50.3 Å². The Labute approximate surface area is 112 Å². The molecule has 8 heteroatoms. The van der Waals surface area contributed by atoms with E-state index in [1.165, 1.54) is 7.11 Å². The van der Waals surface area contributed by atoms with Crippen LogP contribution in [0.5, 0.6) is 0 Å². The predicted octanol–water partition coefficient (Wildman–Crippen LogP) is -0.717. The van der Waals surface area contributed by atoms with Crippen LogP contribution in [0.15, 0.2) is 0 Å². The van der Waals surface area contributed by atoms with Gasteiger partial charge in [0.1, 0.15) is 34.3 Å². The third kappa shape index (κ3) is 3.26. The largest absolute Gasteiger partial charge is 0.385 e. The van der Waals surface area contributed by atoms with Crippen molar-refractivity contribution >= 4 is 9.84 Å². The third-order valence-electron chi connectivity index (χ3n) is 3.15. The molecular weight excluding hydrogens is 276 g/mol. The summed E-state index contributed by atoms with van der Waals surface area (Å²) in [4.78, 5) is 0. The molecule has 2 rings (SSSR count). The van der Waals surface area contributed by atoms with Gasteiger partial charge >= 0.3 is 0 Å². The summed E-state index contributed by atoms with van der Waals surface area (Å²) in [6, 6.07) is 0. The van der Waals surface area contributed by atoms with Crippen molar-refractivity contribution in [3.05, 3.63) is 0 Å². The smallest absolute Gasteiger partial charge is 0.186 e. The number of rotatable bonds is 3. The maximum atomic E-state index is 11.4. The van der Waals surface area contributed by atoms with Crippen LogP contribution in [0.1, 0.15) is 13.8 Å². The molecule has 5 atom stereocenters. The second-order valence-corrected chi connectivity index (χ2v) is 7.61. The molecule has 0 unspecified atom stereocenters. The summed E-state index contributed by atoms with van der Waals surface area (Å²) in [6.45, 7) is 3.41. The molecule has 0 aromatic carbocycles. The van der Waals surface area contributed by atoms with Crippen molar-refractivity contribution < 1.29 is 32.5 Å². The van der Waals surface area contributed by atoms with Crippen LogP contribution in [0.2, 0.25) is 0 Å². The van der Waals surface area contributed by atoms with Crippen molar-refractivity contribution in [2.75, 3.05) is 19.1 Å². The highest BCUT2D eigenvalue weighted by Gasteiger charge is 2.55. The Bertz CT molecular complexity index is 432. The molecule has 2 heterocycles. The quantitative estimate of drug-likeness (QED) is 0.735. The van der Waals surface area contributed by atoms with Crippen LogP contribution in [-0.2, 0) is 28.8 Å². The van der Waals surface area contributed by atoms with E-state index in [2.05, 4.69) is 0 Å². The van der Waals surface area contributed by atoms with Crippen LogP contribution in [0.25, 0.3) is 0 Å². The van der Waals surface area contributed by atoms with Crippen LogP contribution in [0, 0.1) is 0 Å². The topological polar surface area (TPSA) is 91.3 Å². The molecule has 7 nitrogen and oxygen atoms in total. The highest BCUT2D eigenvalue weighted by atomic mass is 32.2. The number of hydrogen-bond donors (Lipinski definition) is 1. The molecular formula is C11H20O7S. The van der Waals surface area contributed by atoms with Gasteiger partial charge < -0.3 is 24.1 Å². The van der Waals surface area contributed by atoms with Gasteiger partial charge in [-0.25, -0.2) is 8.42 Å². The van der Waals surface area contributed by atoms with Gasteiger partial charge in [0.15, 0.2) is 12.1 Å². The van der Waals surface area contributed by atoms with Gasteiger partial charge in [-0.15, -0.1) is 0 Å². The van der Waals surface area contributed by atoms with Crippen LogP contribution >= 0.6 is 0 Å². The van der Waals surface area contributed by atoms with E-state index >= 15 is 0 Å². The number of sulfone groups is 1. The molecule has 112 valence electrons. The van der Waals surface area contributed by atoms with E-state index in [-0.39, 0.29) is 5.75 Å². The first kappa shape index (κ1) is 15.1. The highest BCUT2D eigenvalue weighted by Crippen LogP contribution is 2.37. The van der Waals surface area contributed by atoms with Gasteiger partial charge in [0.2, 0.25) is 0 Å². The average molecular weight is 296 g/mol. The maximum absolute atomic E-state index is 11.4. The Morgan fingerprint density at radius 3 is 2.37 bits per heavy atom. The highest BCUT2D eigenvalue weighted by molar-refractivity contribution is 7.90. The summed E-state index contributed by atoms with van der Waals surface area (Å²) < 4.78 is 44.7. The van der Waals surface area contributed by atoms with Gasteiger partial charge in [0.25, 0.3) is 0 Å². The first-order chi connectivity index (χ1) is 8.63. The molecule has 0 bridgehead atoms. The Hall–Kier alpha value is -0.250. The van der Waals surface area contributed by atoms with E-state index in [4.69, 9.17) is 18.9 Å². The van der Waals surface area contributed by atoms with Crippen LogP contribution in [0.4, 0.5) is 0 Å². The molecule has 0 aliphatic carbocycles. The molecule has 0 saturated carbocycles. The molecule has 0 radical (unpaired) electrons. The van der Waals surface area contributed by atoms with Gasteiger partial charge in [0, 0.05) is 13.4 Å². The molecule has 0 amide bonds. The van der Waals surface area contributed by atoms with E-state index in [9.17, 15) is 13.5 Å². The Morgan fingerprint density at radius 2 is 1.84 bits per heavy atom. The van der Waals surface area contributed by atoms with Gasteiger partial charge in [-0.3, -0.25) is 0 Å². The minimum atomic E-state index is -3.25. The molecule has 2 fully saturated rings. The molecule has 2 aliphatic rings. The molecule has 2 saturated heterocycles. The molecule has 0 aromatic rings. The van der Waals surface area contributed by atoms with Crippen LogP contribution in [-0.4, -0.2) is 69.1 Å². The molecule has 0 aromatic heterocycles. The van der Waals surface area contributed by atoms with E-state index in [0.717, 1.165) is 6.26 Å². The molecule has 1 N–H and O–H groups in total. The van der Waals surface area contributed by atoms with Crippen molar-refractivity contribution in [1.29, 1.82) is 0 Å². The zero-order chi connectivity index (χ0) is 14.4. The Morgan fingerprint density at radius 1 is 1.26 bits per heavy atom. The predicted molar refractivity (Wildman–Crippen MR) is 65.2 cm³/mol. The lowest BCUT2D eigenvalue weighted by Crippen LogP contribution is -2.58. The van der Waals surface area contributed by atoms with Crippen molar-refractivity contribution in [3.8, 4) is 0 Å². The van der Waals surface area contributed by atoms with Crippen LogP contribution < -0.4 is 0 Å². The monoisotopic (exact) mass is 296 g/mol. The van der Waals surface area contributed by atoms with Gasteiger partial charge in [-0.1, -0.05) is 0 Å². The SMILES string of the molecule is CO[C@H]1O[C@H](CS(C)(=O)=O)[C@@H]2OC(C)(C)O[C@@H]2[C@H]1O. The summed E-state index contributed by atoms with van der Waals surface area (Å²) in [7, 11) is -1.86. The second kappa shape index (κ2) is 4.94. The average Bonchev–Trinajstić information content (AvgIpc) is 2.57. The fourth-order valence-electron chi connectivity index (χ4n) is 2.48. The van der Waals surface area contributed by atoms with Gasteiger partial charge in [-0.05, 0) is 13.8 Å². The summed E-state index contributed by atoms with van der Waals surface area (Å²) in [5, 5.41) is 10.1. The van der Waals surface area contributed by atoms with E-state index in [1.807, 2.05) is 0 Å². The molecule has 2 aliphatic heterocycles. The van der Waals surface area contributed by atoms with Crippen LogP contribution in [0.3, 0.4) is 0 Å². The lowest BCUT2D eigenvalue weighted by molar-refractivity contribution is -0.264. The van der Waals surface area contributed by atoms with Gasteiger partial charge in [-0.2, -0.15) is 0 Å². The van der Waals surface area contributed by atoms with Crippen molar-refractivity contribution in [2.24, 2.45) is 0 Å². The van der Waals surface area contributed by atoms with E-state index in [0.29, 0.717) is 0 Å². The summed E-state index contributed by atoms with van der Waals surface area (Å²) >= 11 is 0.